The lowest BCUT2D eigenvalue weighted by Gasteiger charge is -2.17. The summed E-state index contributed by atoms with van der Waals surface area (Å²) in [5, 5.41) is 0.223. The van der Waals surface area contributed by atoms with Crippen LogP contribution in [0.3, 0.4) is 0 Å². The summed E-state index contributed by atoms with van der Waals surface area (Å²) in [4.78, 5) is 42.4. The fourth-order valence-corrected chi connectivity index (χ4v) is 3.31. The number of aromatic nitrogens is 3. The van der Waals surface area contributed by atoms with Crippen molar-refractivity contribution in [1.82, 2.24) is 14.5 Å². The molecular formula is C16H18BrN5O5. The number of amides is 1. The first kappa shape index (κ1) is 19.4. The molecule has 10 nitrogen and oxygen atoms in total. The Morgan fingerprint density at radius 2 is 2.15 bits per heavy atom. The van der Waals surface area contributed by atoms with E-state index in [1.165, 1.54) is 4.57 Å². The van der Waals surface area contributed by atoms with E-state index < -0.39 is 23.9 Å². The van der Waals surface area contributed by atoms with Crippen LogP contribution in [0.2, 0.25) is 0 Å². The Balaban J connectivity index is 1.92. The van der Waals surface area contributed by atoms with Crippen LogP contribution in [0.4, 0.5) is 5.82 Å². The fraction of sp³-hybridized carbons (Fsp3) is 0.375. The van der Waals surface area contributed by atoms with Gasteiger partial charge in [-0.15, -0.1) is 0 Å². The van der Waals surface area contributed by atoms with Crippen molar-refractivity contribution in [3.05, 3.63) is 33.5 Å². The van der Waals surface area contributed by atoms with E-state index in [2.05, 4.69) is 25.9 Å². The highest BCUT2D eigenvalue weighted by molar-refractivity contribution is 9.10. The van der Waals surface area contributed by atoms with Gasteiger partial charge in [-0.25, -0.2) is 4.79 Å². The lowest BCUT2D eigenvalue weighted by molar-refractivity contribution is -0.151. The van der Waals surface area contributed by atoms with Crippen molar-refractivity contribution in [2.24, 2.45) is 11.7 Å². The molecule has 2 aromatic rings. The number of anilines is 1. The highest BCUT2D eigenvalue weighted by Gasteiger charge is 2.32. The summed E-state index contributed by atoms with van der Waals surface area (Å²) in [6.45, 7) is 3.48. The minimum Gasteiger partial charge on any atom is -0.463 e. The molecular weight excluding hydrogens is 422 g/mol. The van der Waals surface area contributed by atoms with Crippen molar-refractivity contribution in [2.75, 3.05) is 12.3 Å². The van der Waals surface area contributed by atoms with Crippen molar-refractivity contribution in [2.45, 2.75) is 26.2 Å². The minimum absolute atomic E-state index is 0.0191. The second kappa shape index (κ2) is 7.31. The first-order valence-electron chi connectivity index (χ1n) is 8.10. The molecule has 2 radical (unpaired) electrons. The molecule has 0 unspecified atom stereocenters. The molecule has 3 heterocycles. The van der Waals surface area contributed by atoms with Crippen LogP contribution in [0, 0.1) is 18.8 Å². The second-order valence-corrected chi connectivity index (χ2v) is 7.08. The molecule has 2 aromatic heterocycles. The zero-order valence-corrected chi connectivity index (χ0v) is 16.1. The molecule has 0 spiro atoms. The predicted octanol–water partition coefficient (Wildman–Crippen LogP) is 0.673. The zero-order chi connectivity index (χ0) is 19.9. The van der Waals surface area contributed by atoms with Gasteiger partial charge < -0.3 is 25.9 Å². The third-order valence-corrected chi connectivity index (χ3v) is 4.62. The summed E-state index contributed by atoms with van der Waals surface area (Å²) < 4.78 is 12.4. The number of hydrogen-bond donors (Lipinski definition) is 3. The van der Waals surface area contributed by atoms with Gasteiger partial charge in [0.1, 0.15) is 24.3 Å². The van der Waals surface area contributed by atoms with Crippen LogP contribution in [-0.2, 0) is 14.3 Å². The summed E-state index contributed by atoms with van der Waals surface area (Å²) in [5.74, 6) is -1.44. The number of esters is 1. The third kappa shape index (κ3) is 3.56. The quantitative estimate of drug-likeness (QED) is 0.577. The maximum absolute atomic E-state index is 12.4. The van der Waals surface area contributed by atoms with Crippen molar-refractivity contribution in [3.8, 4) is 0 Å². The average Bonchev–Trinajstić information content (AvgIpc) is 3.17. The molecule has 1 fully saturated rings. The van der Waals surface area contributed by atoms with E-state index in [0.29, 0.717) is 0 Å². The molecule has 3 rings (SSSR count). The molecule has 27 heavy (non-hydrogen) atoms. The van der Waals surface area contributed by atoms with Crippen LogP contribution in [0.15, 0.2) is 9.40 Å². The lowest BCUT2D eigenvalue weighted by Crippen LogP contribution is -2.30. The Labute approximate surface area is 162 Å². The smallest absolute Gasteiger partial charge is 0.353 e. The second-order valence-electron chi connectivity index (χ2n) is 6.29. The summed E-state index contributed by atoms with van der Waals surface area (Å²) in [7, 11) is 0. The van der Waals surface area contributed by atoms with E-state index >= 15 is 0 Å². The third-order valence-electron chi connectivity index (χ3n) is 4.02. The van der Waals surface area contributed by atoms with Crippen LogP contribution >= 0.6 is 15.9 Å². The summed E-state index contributed by atoms with van der Waals surface area (Å²) in [5.41, 5.74) is 10.9. The Bertz CT molecular complexity index is 966. The van der Waals surface area contributed by atoms with Gasteiger partial charge in [0.25, 0.3) is 5.91 Å². The number of hydrogen-bond acceptors (Lipinski definition) is 7. The first-order chi connectivity index (χ1) is 12.7. The number of nitrogen functional groups attached to an aromatic ring is 1. The van der Waals surface area contributed by atoms with Crippen molar-refractivity contribution >= 4 is 44.7 Å². The molecule has 5 N–H and O–H groups in total. The number of aromatic amines is 1. The van der Waals surface area contributed by atoms with Crippen LogP contribution in [0.25, 0.3) is 11.0 Å². The number of nitrogens with two attached hydrogens (primary N) is 2. The van der Waals surface area contributed by atoms with Gasteiger partial charge in [0, 0.05) is 12.8 Å². The highest BCUT2D eigenvalue weighted by atomic mass is 79.9. The highest BCUT2D eigenvalue weighted by Crippen LogP contribution is 2.33. The van der Waals surface area contributed by atoms with Crippen molar-refractivity contribution < 1.29 is 19.1 Å². The summed E-state index contributed by atoms with van der Waals surface area (Å²) >= 11 is 3.21. The molecule has 0 bridgehead atoms. The van der Waals surface area contributed by atoms with E-state index in [0.717, 1.165) is 0 Å². The zero-order valence-electron chi connectivity index (χ0n) is 14.6. The Morgan fingerprint density at radius 1 is 1.44 bits per heavy atom. The number of ether oxygens (including phenoxy) is 2. The molecule has 2 atom stereocenters. The van der Waals surface area contributed by atoms with Gasteiger partial charge in [0.05, 0.1) is 27.6 Å². The lowest BCUT2D eigenvalue weighted by atomic mass is 10.2. The van der Waals surface area contributed by atoms with Crippen LogP contribution in [0.1, 0.15) is 30.4 Å². The maximum atomic E-state index is 12.4. The number of carbonyl (C=O) groups is 2. The standard InChI is InChI=1S/C16H18BrN5O5/c1-6(2)15(24)26-5-7-3-4-8(27-7)22-14-10(12(18)21-16(22)25)9(13(19)23)11(17)20-14/h3-4,6-8,20H,5H2,1-2H3,(H2,19,23)(H2,18,21,25)/t7-,8-/m0/s1. The maximum Gasteiger partial charge on any atom is 0.353 e. The SMILES string of the molecule is CC(C)C(=O)OC[C@@H]1[CH][CH][C@@H](n2c(=O)nc(N)c3c(C(N)=O)c(Br)[nH]c32)O1. The number of H-pyrrole nitrogens is 1. The molecule has 1 saturated heterocycles. The average molecular weight is 440 g/mol. The van der Waals surface area contributed by atoms with Gasteiger partial charge in [-0.3, -0.25) is 14.2 Å². The van der Waals surface area contributed by atoms with Crippen LogP contribution < -0.4 is 17.2 Å². The first-order valence-corrected chi connectivity index (χ1v) is 8.89. The number of nitrogens with zero attached hydrogens (tertiary/aromatic N) is 2. The monoisotopic (exact) mass is 439 g/mol. The van der Waals surface area contributed by atoms with Crippen LogP contribution in [-0.4, -0.2) is 39.1 Å². The van der Waals surface area contributed by atoms with Gasteiger partial charge in [0.15, 0.2) is 0 Å². The molecule has 1 aliphatic heterocycles. The number of halogens is 1. The van der Waals surface area contributed by atoms with Gasteiger partial charge >= 0.3 is 11.7 Å². The number of rotatable bonds is 5. The molecule has 11 heteroatoms. The van der Waals surface area contributed by atoms with Gasteiger partial charge in [-0.05, 0) is 15.9 Å². The van der Waals surface area contributed by atoms with E-state index in [1.807, 2.05) is 0 Å². The Morgan fingerprint density at radius 3 is 2.78 bits per heavy atom. The van der Waals surface area contributed by atoms with E-state index in [4.69, 9.17) is 20.9 Å². The van der Waals surface area contributed by atoms with Gasteiger partial charge in [-0.1, -0.05) is 13.8 Å². The molecule has 0 aliphatic carbocycles. The number of primary amides is 1. The van der Waals surface area contributed by atoms with Crippen molar-refractivity contribution in [3.63, 3.8) is 0 Å². The molecule has 0 saturated carbocycles. The Hall–Kier alpha value is -2.40. The molecule has 1 amide bonds. The van der Waals surface area contributed by atoms with Crippen LogP contribution in [0.5, 0.6) is 0 Å². The van der Waals surface area contributed by atoms with E-state index in [9.17, 15) is 14.4 Å². The fourth-order valence-electron chi connectivity index (χ4n) is 2.72. The number of carbonyl (C=O) groups excluding carboxylic acids is 2. The Kier molecular flexibility index (Phi) is 5.24. The molecule has 0 aromatic carbocycles. The molecule has 144 valence electrons. The molecule has 1 aliphatic rings. The van der Waals surface area contributed by atoms with Gasteiger partial charge in [0.2, 0.25) is 0 Å². The van der Waals surface area contributed by atoms with E-state index in [-0.39, 0.29) is 45.5 Å². The minimum atomic E-state index is -0.817. The number of nitrogens with one attached hydrogen (secondary N) is 1. The predicted molar refractivity (Wildman–Crippen MR) is 99.3 cm³/mol. The summed E-state index contributed by atoms with van der Waals surface area (Å²) in [6.07, 6.45) is 1.97. The number of fused-ring (bicyclic) bond motifs is 1. The normalized spacial score (nSPS) is 19.7. The summed E-state index contributed by atoms with van der Waals surface area (Å²) in [6, 6.07) is 0. The topological polar surface area (TPSA) is 155 Å². The van der Waals surface area contributed by atoms with E-state index in [1.54, 1.807) is 26.7 Å². The van der Waals surface area contributed by atoms with Crippen molar-refractivity contribution in [1.29, 1.82) is 0 Å². The van der Waals surface area contributed by atoms with Gasteiger partial charge in [-0.2, -0.15) is 4.98 Å². The largest absolute Gasteiger partial charge is 0.463 e.